The average molecular weight is 519 g/mol. The Morgan fingerprint density at radius 2 is 1.86 bits per heavy atom. The van der Waals surface area contributed by atoms with E-state index in [1.165, 1.54) is 12.3 Å². The molecule has 13 heteroatoms. The van der Waals surface area contributed by atoms with Crippen LogP contribution in [0.15, 0.2) is 41.7 Å². The molecule has 1 saturated heterocycles. The van der Waals surface area contributed by atoms with Crippen molar-refractivity contribution in [3.05, 3.63) is 53.6 Å². The van der Waals surface area contributed by atoms with E-state index in [1.54, 1.807) is 19.1 Å². The Bertz CT molecular complexity index is 1410. The van der Waals surface area contributed by atoms with Crippen LogP contribution in [-0.2, 0) is 20.5 Å². The Kier molecular flexibility index (Phi) is 6.96. The average Bonchev–Trinajstić information content (AvgIpc) is 2.84. The lowest BCUT2D eigenvalue weighted by Gasteiger charge is -2.29. The number of carbonyl (C=O) groups is 1. The van der Waals surface area contributed by atoms with Gasteiger partial charge < -0.3 is 15.0 Å². The second-order valence-corrected chi connectivity index (χ2v) is 10.4. The summed E-state index contributed by atoms with van der Waals surface area (Å²) in [5, 5.41) is 10.6. The van der Waals surface area contributed by atoms with Gasteiger partial charge in [-0.2, -0.15) is 8.78 Å². The molecule has 1 fully saturated rings. The summed E-state index contributed by atoms with van der Waals surface area (Å²) >= 11 is 0. The lowest BCUT2D eigenvalue weighted by molar-refractivity contribution is 0.0127. The van der Waals surface area contributed by atoms with Gasteiger partial charge in [-0.3, -0.25) is 14.8 Å². The highest BCUT2D eigenvalue weighted by Crippen LogP contribution is 2.31. The molecule has 1 N–H and O–H groups in total. The van der Waals surface area contributed by atoms with E-state index in [1.807, 2.05) is 4.90 Å². The van der Waals surface area contributed by atoms with Gasteiger partial charge in [-0.15, -0.1) is 10.2 Å². The summed E-state index contributed by atoms with van der Waals surface area (Å²) in [6, 6.07) is 5.60. The van der Waals surface area contributed by atoms with E-state index in [2.05, 4.69) is 25.5 Å². The molecule has 3 aromatic heterocycles. The SMILES string of the molecule is Cc1ncc(NC(=O)c2ccnc(C(C)(F)F)c2)cc1-c1cc(N2CCOCC2)c(S(C)(=O)=O)nn1. The molecule has 1 aliphatic heterocycles. The first kappa shape index (κ1) is 25.5. The van der Waals surface area contributed by atoms with Crippen molar-refractivity contribution in [3.63, 3.8) is 0 Å². The van der Waals surface area contributed by atoms with Crippen LogP contribution >= 0.6 is 0 Å². The third-order valence-electron chi connectivity index (χ3n) is 5.54. The molecule has 0 radical (unpaired) electrons. The molecule has 4 heterocycles. The van der Waals surface area contributed by atoms with E-state index in [0.29, 0.717) is 61.6 Å². The molecule has 0 aliphatic carbocycles. The predicted molar refractivity (Wildman–Crippen MR) is 128 cm³/mol. The van der Waals surface area contributed by atoms with Crippen LogP contribution in [0.5, 0.6) is 0 Å². The zero-order chi connectivity index (χ0) is 26.1. The zero-order valence-electron chi connectivity index (χ0n) is 19.8. The normalized spacial score (nSPS) is 14.5. The number of amides is 1. The van der Waals surface area contributed by atoms with Gasteiger partial charge in [0.2, 0.25) is 5.03 Å². The van der Waals surface area contributed by atoms with Crippen molar-refractivity contribution in [3.8, 4) is 11.3 Å². The molecule has 0 aromatic carbocycles. The Hall–Kier alpha value is -3.58. The van der Waals surface area contributed by atoms with Crippen LogP contribution in [0.25, 0.3) is 11.3 Å². The van der Waals surface area contributed by atoms with E-state index < -0.39 is 27.4 Å². The fourth-order valence-electron chi connectivity index (χ4n) is 3.67. The number of ether oxygens (including phenoxy) is 1. The summed E-state index contributed by atoms with van der Waals surface area (Å²) in [4.78, 5) is 22.5. The van der Waals surface area contributed by atoms with Gasteiger partial charge in [0.05, 0.1) is 36.5 Å². The molecule has 0 saturated carbocycles. The summed E-state index contributed by atoms with van der Waals surface area (Å²) in [5.41, 5.74) is 1.64. The van der Waals surface area contributed by atoms with Crippen molar-refractivity contribution in [1.29, 1.82) is 0 Å². The number of carbonyl (C=O) groups excluding carboxylic acids is 1. The number of aromatic nitrogens is 4. The number of halogens is 2. The van der Waals surface area contributed by atoms with Gasteiger partial charge in [-0.05, 0) is 31.2 Å². The highest BCUT2D eigenvalue weighted by atomic mass is 32.2. The first-order chi connectivity index (χ1) is 16.9. The molecule has 10 nitrogen and oxygen atoms in total. The monoisotopic (exact) mass is 518 g/mol. The van der Waals surface area contributed by atoms with E-state index >= 15 is 0 Å². The molecule has 0 bridgehead atoms. The quantitative estimate of drug-likeness (QED) is 0.524. The minimum Gasteiger partial charge on any atom is -0.378 e. The number of nitrogens with zero attached hydrogens (tertiary/aromatic N) is 5. The Morgan fingerprint density at radius 1 is 1.14 bits per heavy atom. The molecular formula is C23H24F2N6O4S. The maximum Gasteiger partial charge on any atom is 0.286 e. The minimum atomic E-state index is -3.65. The molecule has 190 valence electrons. The lowest BCUT2D eigenvalue weighted by atomic mass is 10.1. The maximum absolute atomic E-state index is 13.6. The summed E-state index contributed by atoms with van der Waals surface area (Å²) < 4.78 is 57.3. The van der Waals surface area contributed by atoms with Crippen LogP contribution in [0.3, 0.4) is 0 Å². The van der Waals surface area contributed by atoms with Crippen LogP contribution in [0.4, 0.5) is 20.2 Å². The smallest absolute Gasteiger partial charge is 0.286 e. The van der Waals surface area contributed by atoms with Crippen LogP contribution in [0.1, 0.15) is 28.7 Å². The number of anilines is 2. The second-order valence-electron chi connectivity index (χ2n) is 8.42. The number of hydrogen-bond donors (Lipinski definition) is 1. The number of aryl methyl sites for hydroxylation is 1. The van der Waals surface area contributed by atoms with Crippen LogP contribution in [0.2, 0.25) is 0 Å². The van der Waals surface area contributed by atoms with Gasteiger partial charge in [0.15, 0.2) is 9.84 Å². The molecule has 1 aliphatic rings. The number of alkyl halides is 2. The van der Waals surface area contributed by atoms with Gasteiger partial charge in [-0.25, -0.2) is 8.42 Å². The Balaban J connectivity index is 1.68. The van der Waals surface area contributed by atoms with Crippen molar-refractivity contribution in [2.45, 2.75) is 24.8 Å². The van der Waals surface area contributed by atoms with E-state index in [9.17, 15) is 22.0 Å². The second kappa shape index (κ2) is 9.82. The van der Waals surface area contributed by atoms with Crippen LogP contribution in [0, 0.1) is 6.92 Å². The molecule has 0 atom stereocenters. The standard InChI is InChI=1S/C23H24F2N6O4S/c1-14-17(18-12-19(31-6-8-35-9-7-31)22(30-29-18)36(3,33)34)11-16(13-27-14)28-21(32)15-4-5-26-20(10-15)23(2,24)25/h4-5,10-13H,6-9H2,1-3H3,(H,28,32). The van der Waals surface area contributed by atoms with E-state index in [0.717, 1.165) is 18.5 Å². The number of morpholine rings is 1. The third kappa shape index (κ3) is 5.62. The van der Waals surface area contributed by atoms with Crippen molar-refractivity contribution >= 4 is 27.1 Å². The first-order valence-corrected chi connectivity index (χ1v) is 12.9. The topological polar surface area (TPSA) is 127 Å². The van der Waals surface area contributed by atoms with Gasteiger partial charge in [0, 0.05) is 49.3 Å². The number of hydrogen-bond acceptors (Lipinski definition) is 9. The number of sulfone groups is 1. The summed E-state index contributed by atoms with van der Waals surface area (Å²) in [6.45, 7) is 4.32. The van der Waals surface area contributed by atoms with E-state index in [-0.39, 0.29) is 10.6 Å². The number of pyridine rings is 2. The first-order valence-electron chi connectivity index (χ1n) is 11.0. The molecule has 0 spiro atoms. The van der Waals surface area contributed by atoms with Crippen LogP contribution < -0.4 is 10.2 Å². The van der Waals surface area contributed by atoms with Gasteiger partial charge in [0.25, 0.3) is 11.8 Å². The van der Waals surface area contributed by atoms with Crippen molar-refractivity contribution in [2.75, 3.05) is 42.8 Å². The molecule has 36 heavy (non-hydrogen) atoms. The van der Waals surface area contributed by atoms with Crippen LogP contribution in [-0.4, -0.2) is 67.0 Å². The molecule has 0 unspecified atom stereocenters. The molecule has 3 aromatic rings. The number of rotatable bonds is 6. The lowest BCUT2D eigenvalue weighted by Crippen LogP contribution is -2.37. The largest absolute Gasteiger partial charge is 0.378 e. The van der Waals surface area contributed by atoms with Gasteiger partial charge >= 0.3 is 0 Å². The summed E-state index contributed by atoms with van der Waals surface area (Å²) in [6.07, 6.45) is 3.64. The fourth-order valence-corrected chi connectivity index (χ4v) is 4.43. The summed E-state index contributed by atoms with van der Waals surface area (Å²) in [7, 11) is -3.65. The third-order valence-corrected chi connectivity index (χ3v) is 6.53. The number of nitrogens with one attached hydrogen (secondary N) is 1. The van der Waals surface area contributed by atoms with Gasteiger partial charge in [0.1, 0.15) is 5.69 Å². The van der Waals surface area contributed by atoms with Gasteiger partial charge in [-0.1, -0.05) is 0 Å². The zero-order valence-corrected chi connectivity index (χ0v) is 20.6. The Morgan fingerprint density at radius 3 is 2.53 bits per heavy atom. The Labute approximate surface area is 206 Å². The van der Waals surface area contributed by atoms with Crippen molar-refractivity contribution < 1.29 is 26.7 Å². The maximum atomic E-state index is 13.6. The predicted octanol–water partition coefficient (Wildman–Crippen LogP) is 2.85. The van der Waals surface area contributed by atoms with Crippen molar-refractivity contribution in [1.82, 2.24) is 20.2 Å². The van der Waals surface area contributed by atoms with E-state index in [4.69, 9.17) is 4.74 Å². The highest BCUT2D eigenvalue weighted by Gasteiger charge is 2.27. The summed E-state index contributed by atoms with van der Waals surface area (Å²) in [5.74, 6) is -3.81. The minimum absolute atomic E-state index is 0.00977. The van der Waals surface area contributed by atoms with Crippen molar-refractivity contribution in [2.24, 2.45) is 0 Å². The highest BCUT2D eigenvalue weighted by molar-refractivity contribution is 7.90. The molecule has 4 rings (SSSR count). The molecule has 1 amide bonds. The molecular weight excluding hydrogens is 494 g/mol. The fraction of sp³-hybridized carbons (Fsp3) is 0.348.